The lowest BCUT2D eigenvalue weighted by atomic mass is 9.75. The van der Waals surface area contributed by atoms with Crippen LogP contribution in [0.15, 0.2) is 18.2 Å². The lowest BCUT2D eigenvalue weighted by Gasteiger charge is -2.32. The fourth-order valence-corrected chi connectivity index (χ4v) is 3.00. The number of halogens is 1. The van der Waals surface area contributed by atoms with Crippen LogP contribution < -0.4 is 5.46 Å². The van der Waals surface area contributed by atoms with Crippen molar-refractivity contribution in [2.45, 2.75) is 45.3 Å². The molecule has 2 aliphatic rings. The fourth-order valence-electron chi connectivity index (χ4n) is 3.00. The van der Waals surface area contributed by atoms with Crippen LogP contribution in [0.25, 0.3) is 0 Å². The summed E-state index contributed by atoms with van der Waals surface area (Å²) in [6.45, 7) is 10.1. The Balaban J connectivity index is 1.83. The van der Waals surface area contributed by atoms with Crippen molar-refractivity contribution in [3.05, 3.63) is 29.6 Å². The van der Waals surface area contributed by atoms with Gasteiger partial charge < -0.3 is 18.9 Å². The van der Waals surface area contributed by atoms with Gasteiger partial charge in [0.1, 0.15) is 5.82 Å². The molecule has 0 atom stereocenters. The van der Waals surface area contributed by atoms with Gasteiger partial charge in [0, 0.05) is 13.1 Å². The van der Waals surface area contributed by atoms with Gasteiger partial charge in [-0.25, -0.2) is 4.39 Å². The Morgan fingerprint density at radius 1 is 1.16 bits per heavy atom. The minimum absolute atomic E-state index is 0.00711. The molecule has 0 unspecified atom stereocenters. The summed E-state index contributed by atoms with van der Waals surface area (Å²) < 4.78 is 31.2. The first-order chi connectivity index (χ1) is 11.7. The van der Waals surface area contributed by atoms with Gasteiger partial charge in [-0.1, -0.05) is 6.07 Å². The van der Waals surface area contributed by atoms with Crippen molar-refractivity contribution in [2.75, 3.05) is 26.3 Å². The lowest BCUT2D eigenvalue weighted by molar-refractivity contribution is -0.134. The monoisotopic (exact) mass is 349 g/mol. The highest BCUT2D eigenvalue weighted by Crippen LogP contribution is 2.36. The summed E-state index contributed by atoms with van der Waals surface area (Å²) in [5, 5.41) is 0. The van der Waals surface area contributed by atoms with Gasteiger partial charge in [-0.2, -0.15) is 0 Å². The molecule has 2 saturated heterocycles. The molecule has 2 heterocycles. The molecular formula is C18H25BFNO4. The normalized spacial score (nSPS) is 22.3. The molecule has 0 spiro atoms. The molecule has 7 heteroatoms. The van der Waals surface area contributed by atoms with E-state index < -0.39 is 18.3 Å². The summed E-state index contributed by atoms with van der Waals surface area (Å²) in [5.74, 6) is -0.361. The molecule has 0 aliphatic carbocycles. The number of carbonyl (C=O) groups excluding carboxylic acids is 1. The van der Waals surface area contributed by atoms with Crippen molar-refractivity contribution in [3.63, 3.8) is 0 Å². The number of rotatable bonds is 3. The van der Waals surface area contributed by atoms with E-state index >= 15 is 0 Å². The molecule has 1 aromatic rings. The van der Waals surface area contributed by atoms with Crippen molar-refractivity contribution >= 4 is 18.5 Å². The molecule has 3 rings (SSSR count). The highest BCUT2D eigenvalue weighted by Gasteiger charge is 2.52. The van der Waals surface area contributed by atoms with Crippen LogP contribution in [0.4, 0.5) is 4.39 Å². The number of ether oxygens (including phenoxy) is 1. The molecule has 0 N–H and O–H groups in total. The Morgan fingerprint density at radius 2 is 1.76 bits per heavy atom. The number of carbonyl (C=O) groups is 1. The van der Waals surface area contributed by atoms with E-state index in [-0.39, 0.29) is 18.1 Å². The van der Waals surface area contributed by atoms with Gasteiger partial charge in [-0.05, 0) is 50.9 Å². The summed E-state index contributed by atoms with van der Waals surface area (Å²) in [6, 6.07) is 4.43. The standard InChI is InChI=1S/C18H25BFNO4/c1-17(2)18(3,4)25-19(24-17)15-12-14(20)6-5-13(15)11-16(22)21-7-9-23-10-8-21/h5-6,12H,7-11H2,1-4H3. The predicted molar refractivity (Wildman–Crippen MR) is 93.2 cm³/mol. The fraction of sp³-hybridized carbons (Fsp3) is 0.611. The molecule has 136 valence electrons. The van der Waals surface area contributed by atoms with E-state index in [0.29, 0.717) is 31.8 Å². The van der Waals surface area contributed by atoms with Gasteiger partial charge in [0.15, 0.2) is 0 Å². The van der Waals surface area contributed by atoms with E-state index in [1.165, 1.54) is 12.1 Å². The van der Waals surface area contributed by atoms with Crippen molar-refractivity contribution in [3.8, 4) is 0 Å². The van der Waals surface area contributed by atoms with Gasteiger partial charge >= 0.3 is 7.12 Å². The summed E-state index contributed by atoms with van der Waals surface area (Å²) in [6.07, 6.45) is 0.194. The number of hydrogen-bond acceptors (Lipinski definition) is 4. The maximum absolute atomic E-state index is 13.9. The Kier molecular flexibility index (Phi) is 4.92. The maximum Gasteiger partial charge on any atom is 0.495 e. The zero-order chi connectivity index (χ0) is 18.2. The van der Waals surface area contributed by atoms with Gasteiger partial charge in [-0.3, -0.25) is 4.79 Å². The average molecular weight is 349 g/mol. The van der Waals surface area contributed by atoms with Crippen LogP contribution in [0.1, 0.15) is 33.3 Å². The van der Waals surface area contributed by atoms with Crippen LogP contribution >= 0.6 is 0 Å². The van der Waals surface area contributed by atoms with Crippen molar-refractivity contribution in [2.24, 2.45) is 0 Å². The number of hydrogen-bond donors (Lipinski definition) is 0. The van der Waals surface area contributed by atoms with Crippen LogP contribution in [0.3, 0.4) is 0 Å². The molecule has 0 radical (unpaired) electrons. The van der Waals surface area contributed by atoms with Gasteiger partial charge in [0.2, 0.25) is 5.91 Å². The highest BCUT2D eigenvalue weighted by atomic mass is 19.1. The molecule has 2 aliphatic heterocycles. The van der Waals surface area contributed by atoms with E-state index in [9.17, 15) is 9.18 Å². The van der Waals surface area contributed by atoms with Crippen LogP contribution in [0.5, 0.6) is 0 Å². The first kappa shape index (κ1) is 18.4. The third-order valence-corrected chi connectivity index (χ3v) is 5.32. The summed E-state index contributed by atoms with van der Waals surface area (Å²) in [7, 11) is -0.687. The molecule has 0 saturated carbocycles. The molecule has 2 fully saturated rings. The van der Waals surface area contributed by atoms with Crippen LogP contribution in [0.2, 0.25) is 0 Å². The molecule has 1 aromatic carbocycles. The minimum atomic E-state index is -0.687. The minimum Gasteiger partial charge on any atom is -0.399 e. The van der Waals surface area contributed by atoms with E-state index in [1.807, 2.05) is 27.7 Å². The van der Waals surface area contributed by atoms with E-state index in [1.54, 1.807) is 11.0 Å². The van der Waals surface area contributed by atoms with E-state index in [2.05, 4.69) is 0 Å². The van der Waals surface area contributed by atoms with Crippen LogP contribution in [-0.2, 0) is 25.3 Å². The smallest absolute Gasteiger partial charge is 0.399 e. The molecule has 0 aromatic heterocycles. The predicted octanol–water partition coefficient (Wildman–Crippen LogP) is 1.53. The molecule has 0 bridgehead atoms. The largest absolute Gasteiger partial charge is 0.495 e. The summed E-state index contributed by atoms with van der Waals surface area (Å²) in [4.78, 5) is 14.3. The van der Waals surface area contributed by atoms with Gasteiger partial charge in [0.05, 0.1) is 30.8 Å². The maximum atomic E-state index is 13.9. The molecule has 1 amide bonds. The van der Waals surface area contributed by atoms with E-state index in [4.69, 9.17) is 14.0 Å². The number of amides is 1. The second kappa shape index (κ2) is 6.70. The number of nitrogens with zero attached hydrogens (tertiary/aromatic N) is 1. The zero-order valence-electron chi connectivity index (χ0n) is 15.3. The number of morpholine rings is 1. The third kappa shape index (κ3) is 3.73. The third-order valence-electron chi connectivity index (χ3n) is 5.32. The second-order valence-electron chi connectivity index (χ2n) is 7.60. The van der Waals surface area contributed by atoms with Gasteiger partial charge in [0.25, 0.3) is 0 Å². The quantitative estimate of drug-likeness (QED) is 0.777. The Hall–Kier alpha value is -1.44. The number of benzene rings is 1. The second-order valence-corrected chi connectivity index (χ2v) is 7.60. The highest BCUT2D eigenvalue weighted by molar-refractivity contribution is 6.62. The molecule has 25 heavy (non-hydrogen) atoms. The lowest BCUT2D eigenvalue weighted by Crippen LogP contribution is -2.43. The van der Waals surface area contributed by atoms with Crippen molar-refractivity contribution < 1.29 is 23.2 Å². The average Bonchev–Trinajstić information content (AvgIpc) is 2.78. The summed E-state index contributed by atoms with van der Waals surface area (Å²) in [5.41, 5.74) is 0.280. The topological polar surface area (TPSA) is 48.0 Å². The Morgan fingerprint density at radius 3 is 2.36 bits per heavy atom. The van der Waals surface area contributed by atoms with Crippen molar-refractivity contribution in [1.29, 1.82) is 0 Å². The first-order valence-corrected chi connectivity index (χ1v) is 8.69. The molecular weight excluding hydrogens is 324 g/mol. The van der Waals surface area contributed by atoms with Gasteiger partial charge in [-0.15, -0.1) is 0 Å². The summed E-state index contributed by atoms with van der Waals surface area (Å²) >= 11 is 0. The first-order valence-electron chi connectivity index (χ1n) is 8.69. The Bertz CT molecular complexity index is 642. The SMILES string of the molecule is CC1(C)OB(c2cc(F)ccc2CC(=O)N2CCOCC2)OC1(C)C. The van der Waals surface area contributed by atoms with E-state index in [0.717, 1.165) is 5.56 Å². The zero-order valence-corrected chi connectivity index (χ0v) is 15.3. The Labute approximate surface area is 148 Å². The van der Waals surface area contributed by atoms with Crippen LogP contribution in [0, 0.1) is 5.82 Å². The van der Waals surface area contributed by atoms with Crippen LogP contribution in [-0.4, -0.2) is 55.4 Å². The molecule has 5 nitrogen and oxygen atoms in total. The van der Waals surface area contributed by atoms with Crippen molar-refractivity contribution in [1.82, 2.24) is 4.90 Å².